The molecule has 2 aromatic carbocycles. The third-order valence-corrected chi connectivity index (χ3v) is 4.03. The molecule has 0 saturated heterocycles. The van der Waals surface area contributed by atoms with Crippen LogP contribution in [0.5, 0.6) is 0 Å². The Bertz CT molecular complexity index is 545. The van der Waals surface area contributed by atoms with E-state index in [0.29, 0.717) is 22.9 Å². The average molecular weight is 282 g/mol. The summed E-state index contributed by atoms with van der Waals surface area (Å²) in [5.41, 5.74) is 6.56. The van der Waals surface area contributed by atoms with Gasteiger partial charge in [-0.05, 0) is 42.8 Å². The molecule has 0 aliphatic heterocycles. The molecule has 0 aromatic heterocycles. The van der Waals surface area contributed by atoms with Gasteiger partial charge in [0, 0.05) is 14.8 Å². The van der Waals surface area contributed by atoms with Crippen molar-refractivity contribution < 1.29 is 4.39 Å². The number of halogens is 2. The first-order valence-corrected chi connectivity index (χ1v) is 6.81. The van der Waals surface area contributed by atoms with Gasteiger partial charge >= 0.3 is 0 Å². The molecule has 0 unspecified atom stereocenters. The molecule has 0 atom stereocenters. The van der Waals surface area contributed by atoms with Crippen LogP contribution in [0.15, 0.2) is 52.3 Å². The molecule has 0 radical (unpaired) electrons. The minimum absolute atomic E-state index is 0.221. The molecule has 0 heterocycles. The zero-order valence-corrected chi connectivity index (χ0v) is 11.3. The summed E-state index contributed by atoms with van der Waals surface area (Å²) in [5.74, 6) is -0.221. The maximum atomic E-state index is 13.6. The van der Waals surface area contributed by atoms with Crippen LogP contribution >= 0.6 is 23.4 Å². The number of nitrogens with two attached hydrogens (primary N) is 1. The molecule has 0 aliphatic carbocycles. The molecular weight excluding hydrogens is 269 g/mol. The first-order valence-electron chi connectivity index (χ1n) is 5.62. The first kappa shape index (κ1) is 13.4. The summed E-state index contributed by atoms with van der Waals surface area (Å²) < 4.78 is 13.6. The van der Waals surface area contributed by atoms with E-state index in [-0.39, 0.29) is 5.82 Å². The third kappa shape index (κ3) is 3.05. The SMILES string of the molecule is NCCc1c(Cl)cccc1Sc1ccccc1F. The molecule has 2 aromatic rings. The lowest BCUT2D eigenvalue weighted by Gasteiger charge is -2.10. The van der Waals surface area contributed by atoms with Crippen LogP contribution in [-0.2, 0) is 6.42 Å². The predicted octanol–water partition coefficient (Wildman–Crippen LogP) is 4.13. The van der Waals surface area contributed by atoms with Crippen LogP contribution in [0.1, 0.15) is 5.56 Å². The van der Waals surface area contributed by atoms with E-state index < -0.39 is 0 Å². The standard InChI is InChI=1S/C14H13ClFNS/c15-11-4-3-7-13(10(11)8-9-17)18-14-6-2-1-5-12(14)16/h1-7H,8-9,17H2. The lowest BCUT2D eigenvalue weighted by atomic mass is 10.1. The molecule has 94 valence electrons. The second-order valence-corrected chi connectivity index (χ2v) is 5.28. The molecule has 0 bridgehead atoms. The van der Waals surface area contributed by atoms with Crippen molar-refractivity contribution >= 4 is 23.4 Å². The van der Waals surface area contributed by atoms with E-state index in [4.69, 9.17) is 17.3 Å². The molecule has 18 heavy (non-hydrogen) atoms. The van der Waals surface area contributed by atoms with Gasteiger partial charge in [0.15, 0.2) is 0 Å². The first-order chi connectivity index (χ1) is 8.72. The van der Waals surface area contributed by atoms with E-state index in [0.717, 1.165) is 10.5 Å². The fraction of sp³-hybridized carbons (Fsp3) is 0.143. The molecule has 0 spiro atoms. The average Bonchev–Trinajstić information content (AvgIpc) is 2.36. The summed E-state index contributed by atoms with van der Waals surface area (Å²) in [6, 6.07) is 12.3. The second kappa shape index (κ2) is 6.23. The van der Waals surface area contributed by atoms with Crippen molar-refractivity contribution in [3.05, 3.63) is 58.9 Å². The van der Waals surface area contributed by atoms with Gasteiger partial charge in [0.05, 0.1) is 0 Å². The lowest BCUT2D eigenvalue weighted by Crippen LogP contribution is -2.04. The van der Waals surface area contributed by atoms with Crippen molar-refractivity contribution in [2.75, 3.05) is 6.54 Å². The maximum absolute atomic E-state index is 13.6. The van der Waals surface area contributed by atoms with E-state index in [1.54, 1.807) is 12.1 Å². The van der Waals surface area contributed by atoms with Gasteiger partial charge in [-0.3, -0.25) is 0 Å². The minimum Gasteiger partial charge on any atom is -0.330 e. The summed E-state index contributed by atoms with van der Waals surface area (Å²) in [6.45, 7) is 0.522. The summed E-state index contributed by atoms with van der Waals surface area (Å²) in [5, 5.41) is 0.682. The molecule has 0 aliphatic rings. The Hall–Kier alpha value is -1.03. The highest BCUT2D eigenvalue weighted by atomic mass is 35.5. The van der Waals surface area contributed by atoms with Crippen molar-refractivity contribution in [1.29, 1.82) is 0 Å². The number of hydrogen-bond acceptors (Lipinski definition) is 2. The monoisotopic (exact) mass is 281 g/mol. The van der Waals surface area contributed by atoms with E-state index in [1.807, 2.05) is 24.3 Å². The van der Waals surface area contributed by atoms with Crippen LogP contribution in [0.2, 0.25) is 5.02 Å². The quantitative estimate of drug-likeness (QED) is 0.912. The molecule has 0 fully saturated rings. The zero-order chi connectivity index (χ0) is 13.0. The van der Waals surface area contributed by atoms with Crippen LogP contribution in [0.25, 0.3) is 0 Å². The second-order valence-electron chi connectivity index (χ2n) is 3.79. The Morgan fingerprint density at radius 3 is 2.50 bits per heavy atom. The van der Waals surface area contributed by atoms with E-state index in [2.05, 4.69) is 0 Å². The lowest BCUT2D eigenvalue weighted by molar-refractivity contribution is 0.602. The Morgan fingerprint density at radius 1 is 1.06 bits per heavy atom. The largest absolute Gasteiger partial charge is 0.330 e. The van der Waals surface area contributed by atoms with Crippen LogP contribution in [0.4, 0.5) is 4.39 Å². The van der Waals surface area contributed by atoms with Gasteiger partial charge < -0.3 is 5.73 Å². The Kier molecular flexibility index (Phi) is 4.64. The smallest absolute Gasteiger partial charge is 0.137 e. The number of rotatable bonds is 4. The normalized spacial score (nSPS) is 10.6. The highest BCUT2D eigenvalue weighted by molar-refractivity contribution is 7.99. The highest BCUT2D eigenvalue weighted by Gasteiger charge is 2.10. The maximum Gasteiger partial charge on any atom is 0.137 e. The fourth-order valence-corrected chi connectivity index (χ4v) is 3.02. The third-order valence-electron chi connectivity index (χ3n) is 2.53. The van der Waals surface area contributed by atoms with Crippen LogP contribution in [0.3, 0.4) is 0 Å². The van der Waals surface area contributed by atoms with Crippen molar-refractivity contribution in [3.8, 4) is 0 Å². The van der Waals surface area contributed by atoms with Gasteiger partial charge in [0.1, 0.15) is 5.82 Å². The molecular formula is C14H13ClFNS. The molecule has 2 rings (SSSR count). The van der Waals surface area contributed by atoms with Crippen LogP contribution in [-0.4, -0.2) is 6.54 Å². The van der Waals surface area contributed by atoms with Crippen LogP contribution in [0, 0.1) is 5.82 Å². The van der Waals surface area contributed by atoms with Crippen molar-refractivity contribution in [2.45, 2.75) is 16.2 Å². The zero-order valence-electron chi connectivity index (χ0n) is 9.70. The number of benzene rings is 2. The van der Waals surface area contributed by atoms with Gasteiger partial charge in [0.2, 0.25) is 0 Å². The number of hydrogen-bond donors (Lipinski definition) is 1. The van der Waals surface area contributed by atoms with E-state index in [1.165, 1.54) is 17.8 Å². The Balaban J connectivity index is 2.34. The van der Waals surface area contributed by atoms with Gasteiger partial charge in [-0.1, -0.05) is 41.6 Å². The Labute approximate surface area is 115 Å². The van der Waals surface area contributed by atoms with Crippen molar-refractivity contribution in [1.82, 2.24) is 0 Å². The highest BCUT2D eigenvalue weighted by Crippen LogP contribution is 2.35. The summed E-state index contributed by atoms with van der Waals surface area (Å²) in [4.78, 5) is 1.55. The van der Waals surface area contributed by atoms with Crippen molar-refractivity contribution in [2.24, 2.45) is 5.73 Å². The van der Waals surface area contributed by atoms with Gasteiger partial charge in [-0.25, -0.2) is 4.39 Å². The molecule has 1 nitrogen and oxygen atoms in total. The van der Waals surface area contributed by atoms with E-state index in [9.17, 15) is 4.39 Å². The fourth-order valence-electron chi connectivity index (χ4n) is 1.67. The van der Waals surface area contributed by atoms with Crippen LogP contribution < -0.4 is 5.73 Å². The Morgan fingerprint density at radius 2 is 1.78 bits per heavy atom. The molecule has 2 N–H and O–H groups in total. The molecule has 4 heteroatoms. The van der Waals surface area contributed by atoms with Gasteiger partial charge in [-0.2, -0.15) is 0 Å². The summed E-state index contributed by atoms with van der Waals surface area (Å²) in [6.07, 6.45) is 0.691. The van der Waals surface area contributed by atoms with Gasteiger partial charge in [0.25, 0.3) is 0 Å². The van der Waals surface area contributed by atoms with Crippen molar-refractivity contribution in [3.63, 3.8) is 0 Å². The summed E-state index contributed by atoms with van der Waals surface area (Å²) in [7, 11) is 0. The molecule has 0 saturated carbocycles. The molecule has 0 amide bonds. The summed E-state index contributed by atoms with van der Waals surface area (Å²) >= 11 is 7.53. The topological polar surface area (TPSA) is 26.0 Å². The van der Waals surface area contributed by atoms with Gasteiger partial charge in [-0.15, -0.1) is 0 Å². The minimum atomic E-state index is -0.221. The van der Waals surface area contributed by atoms with E-state index >= 15 is 0 Å². The predicted molar refractivity (Wildman–Crippen MR) is 74.7 cm³/mol.